The molecule has 0 unspecified atom stereocenters. The SMILES string of the molecule is CC(C)(C)C(=O)NCc1ccc(C(=O)COc2ccccc2[N+](=O)[O-])s1. The molecule has 138 valence electrons. The van der Waals surface area contributed by atoms with Crippen molar-refractivity contribution < 1.29 is 19.2 Å². The van der Waals surface area contributed by atoms with Crippen LogP contribution in [0.3, 0.4) is 0 Å². The van der Waals surface area contributed by atoms with E-state index in [-0.39, 0.29) is 29.7 Å². The van der Waals surface area contributed by atoms with E-state index in [1.54, 1.807) is 18.2 Å². The second kappa shape index (κ2) is 8.09. The number of carbonyl (C=O) groups is 2. The highest BCUT2D eigenvalue weighted by Crippen LogP contribution is 2.26. The van der Waals surface area contributed by atoms with Crippen molar-refractivity contribution >= 4 is 28.7 Å². The number of hydrogen-bond acceptors (Lipinski definition) is 6. The van der Waals surface area contributed by atoms with Gasteiger partial charge in [-0.05, 0) is 18.2 Å². The second-order valence-electron chi connectivity index (χ2n) is 6.64. The normalized spacial score (nSPS) is 11.0. The highest BCUT2D eigenvalue weighted by Gasteiger charge is 2.21. The van der Waals surface area contributed by atoms with E-state index in [9.17, 15) is 19.7 Å². The summed E-state index contributed by atoms with van der Waals surface area (Å²) in [7, 11) is 0. The Kier molecular flexibility index (Phi) is 6.10. The van der Waals surface area contributed by atoms with E-state index in [2.05, 4.69) is 5.32 Å². The summed E-state index contributed by atoms with van der Waals surface area (Å²) in [5.74, 6) is -0.292. The number of ketones is 1. The zero-order valence-electron chi connectivity index (χ0n) is 14.8. The first-order valence-corrected chi connectivity index (χ1v) is 8.76. The third kappa shape index (κ3) is 5.13. The molecule has 0 radical (unpaired) electrons. The first-order valence-electron chi connectivity index (χ1n) is 7.95. The summed E-state index contributed by atoms with van der Waals surface area (Å²) < 4.78 is 5.31. The minimum absolute atomic E-state index is 0.0556. The maximum Gasteiger partial charge on any atom is 0.310 e. The lowest BCUT2D eigenvalue weighted by Gasteiger charge is -2.17. The third-order valence-corrected chi connectivity index (χ3v) is 4.59. The molecule has 0 spiro atoms. The largest absolute Gasteiger partial charge is 0.478 e. The van der Waals surface area contributed by atoms with Crippen molar-refractivity contribution in [3.05, 3.63) is 56.3 Å². The molecule has 0 aliphatic heterocycles. The molecule has 8 heteroatoms. The number of benzene rings is 1. The highest BCUT2D eigenvalue weighted by atomic mass is 32.1. The lowest BCUT2D eigenvalue weighted by atomic mass is 9.96. The molecule has 0 aliphatic rings. The second-order valence-corrected chi connectivity index (χ2v) is 7.80. The van der Waals surface area contributed by atoms with Crippen LogP contribution in [0.2, 0.25) is 0 Å². The smallest absolute Gasteiger partial charge is 0.310 e. The van der Waals surface area contributed by atoms with Gasteiger partial charge < -0.3 is 10.1 Å². The summed E-state index contributed by atoms with van der Waals surface area (Å²) in [6, 6.07) is 9.34. The molecule has 0 saturated heterocycles. The van der Waals surface area contributed by atoms with Crippen LogP contribution in [0.4, 0.5) is 5.69 Å². The topological polar surface area (TPSA) is 98.5 Å². The van der Waals surface area contributed by atoms with Gasteiger partial charge in [0.15, 0.2) is 12.4 Å². The molecular formula is C18H20N2O5S. The molecule has 7 nitrogen and oxygen atoms in total. The predicted octanol–water partition coefficient (Wildman–Crippen LogP) is 3.58. The Morgan fingerprint density at radius 3 is 2.54 bits per heavy atom. The standard InChI is InChI=1S/C18H20N2O5S/c1-18(2,3)17(22)19-10-12-8-9-16(26-12)14(21)11-25-15-7-5-4-6-13(15)20(23)24/h4-9H,10-11H2,1-3H3,(H,19,22). The summed E-state index contributed by atoms with van der Waals surface area (Å²) in [6.07, 6.45) is 0. The fraction of sp³-hybridized carbons (Fsp3) is 0.333. The van der Waals surface area contributed by atoms with Gasteiger partial charge in [-0.15, -0.1) is 11.3 Å². The summed E-state index contributed by atoms with van der Waals surface area (Å²) >= 11 is 1.26. The lowest BCUT2D eigenvalue weighted by Crippen LogP contribution is -2.34. The van der Waals surface area contributed by atoms with Gasteiger partial charge in [0, 0.05) is 16.4 Å². The Bertz CT molecular complexity index is 823. The number of Topliss-reactive ketones (excluding diaryl/α,β-unsaturated/α-hetero) is 1. The number of nitro groups is 1. The van der Waals surface area contributed by atoms with Gasteiger partial charge in [0.2, 0.25) is 11.7 Å². The lowest BCUT2D eigenvalue weighted by molar-refractivity contribution is -0.385. The third-order valence-electron chi connectivity index (χ3n) is 3.46. The van der Waals surface area contributed by atoms with E-state index in [0.29, 0.717) is 11.4 Å². The molecule has 0 saturated carbocycles. The van der Waals surface area contributed by atoms with E-state index in [1.807, 2.05) is 20.8 Å². The van der Waals surface area contributed by atoms with Crippen LogP contribution < -0.4 is 10.1 Å². The highest BCUT2D eigenvalue weighted by molar-refractivity contribution is 7.14. The van der Waals surface area contributed by atoms with Crippen molar-refractivity contribution in [1.29, 1.82) is 0 Å². The van der Waals surface area contributed by atoms with E-state index >= 15 is 0 Å². The molecule has 1 aromatic heterocycles. The predicted molar refractivity (Wildman–Crippen MR) is 98.5 cm³/mol. The number of rotatable bonds is 7. The Morgan fingerprint density at radius 2 is 1.88 bits per heavy atom. The maximum atomic E-state index is 12.2. The summed E-state index contributed by atoms with van der Waals surface area (Å²) in [5.41, 5.74) is -0.661. The number of nitro benzene ring substituents is 1. The molecule has 2 aromatic rings. The molecule has 0 atom stereocenters. The Labute approximate surface area is 155 Å². The molecule has 0 bridgehead atoms. The average molecular weight is 376 g/mol. The van der Waals surface area contributed by atoms with E-state index in [1.165, 1.54) is 29.5 Å². The number of amides is 1. The molecule has 1 amide bonds. The molecule has 26 heavy (non-hydrogen) atoms. The number of thiophene rings is 1. The Balaban J connectivity index is 1.94. The monoisotopic (exact) mass is 376 g/mol. The number of hydrogen-bond donors (Lipinski definition) is 1. The first kappa shape index (κ1) is 19.6. The first-order chi connectivity index (χ1) is 12.2. The Morgan fingerprint density at radius 1 is 1.19 bits per heavy atom. The summed E-state index contributed by atoms with van der Waals surface area (Å²) in [6.45, 7) is 5.53. The van der Waals surface area contributed by atoms with E-state index in [4.69, 9.17) is 4.74 Å². The number of nitrogens with one attached hydrogen (secondary N) is 1. The molecule has 1 N–H and O–H groups in total. The van der Waals surface area contributed by atoms with Gasteiger partial charge in [-0.1, -0.05) is 32.9 Å². The number of carbonyl (C=O) groups excluding carboxylic acids is 2. The van der Waals surface area contributed by atoms with Crippen LogP contribution in [0.25, 0.3) is 0 Å². The van der Waals surface area contributed by atoms with Crippen LogP contribution in [-0.4, -0.2) is 23.2 Å². The molecule has 0 aliphatic carbocycles. The van der Waals surface area contributed by atoms with Gasteiger partial charge in [-0.3, -0.25) is 19.7 Å². The quantitative estimate of drug-likeness (QED) is 0.452. The number of para-hydroxylation sites is 2. The van der Waals surface area contributed by atoms with Gasteiger partial charge >= 0.3 is 5.69 Å². The number of nitrogens with zero attached hydrogens (tertiary/aromatic N) is 1. The van der Waals surface area contributed by atoms with E-state index in [0.717, 1.165) is 4.88 Å². The minimum Gasteiger partial charge on any atom is -0.478 e. The van der Waals surface area contributed by atoms with Gasteiger partial charge in [-0.2, -0.15) is 0 Å². The van der Waals surface area contributed by atoms with Gasteiger partial charge in [0.25, 0.3) is 0 Å². The van der Waals surface area contributed by atoms with Crippen LogP contribution in [-0.2, 0) is 11.3 Å². The average Bonchev–Trinajstić information content (AvgIpc) is 3.05. The van der Waals surface area contributed by atoms with Crippen molar-refractivity contribution in [2.75, 3.05) is 6.61 Å². The molecule has 2 rings (SSSR count). The van der Waals surface area contributed by atoms with Crippen molar-refractivity contribution in [2.24, 2.45) is 5.41 Å². The molecule has 1 aromatic carbocycles. The van der Waals surface area contributed by atoms with Crippen LogP contribution >= 0.6 is 11.3 Å². The fourth-order valence-electron chi connectivity index (χ4n) is 2.00. The van der Waals surface area contributed by atoms with Crippen LogP contribution in [0, 0.1) is 15.5 Å². The number of ether oxygens (including phenoxy) is 1. The molecular weight excluding hydrogens is 356 g/mol. The van der Waals surface area contributed by atoms with Gasteiger partial charge in [0.1, 0.15) is 0 Å². The zero-order chi connectivity index (χ0) is 19.3. The van der Waals surface area contributed by atoms with Crippen molar-refractivity contribution in [3.8, 4) is 5.75 Å². The Hall–Kier alpha value is -2.74. The van der Waals surface area contributed by atoms with Gasteiger partial charge in [0.05, 0.1) is 16.3 Å². The molecule has 1 heterocycles. The van der Waals surface area contributed by atoms with Gasteiger partial charge in [-0.25, -0.2) is 0 Å². The summed E-state index contributed by atoms with van der Waals surface area (Å²) in [4.78, 5) is 35.8. The summed E-state index contributed by atoms with van der Waals surface area (Å²) in [5, 5.41) is 13.8. The van der Waals surface area contributed by atoms with Crippen LogP contribution in [0.15, 0.2) is 36.4 Å². The van der Waals surface area contributed by atoms with Crippen LogP contribution in [0.1, 0.15) is 35.3 Å². The minimum atomic E-state index is -0.555. The van der Waals surface area contributed by atoms with Crippen molar-refractivity contribution in [3.63, 3.8) is 0 Å². The molecule has 0 fully saturated rings. The van der Waals surface area contributed by atoms with Crippen LogP contribution in [0.5, 0.6) is 5.75 Å². The van der Waals surface area contributed by atoms with E-state index < -0.39 is 10.3 Å². The van der Waals surface area contributed by atoms with Crippen molar-refractivity contribution in [2.45, 2.75) is 27.3 Å². The fourth-order valence-corrected chi connectivity index (χ4v) is 2.87. The maximum absolute atomic E-state index is 12.2. The zero-order valence-corrected chi connectivity index (χ0v) is 15.6. The van der Waals surface area contributed by atoms with Crippen molar-refractivity contribution in [1.82, 2.24) is 5.32 Å².